The molecule has 0 saturated carbocycles. The van der Waals surface area contributed by atoms with Crippen LogP contribution >= 0.6 is 0 Å². The minimum Gasteiger partial charge on any atom is -0.308 e. The number of hydrogen-bond acceptors (Lipinski definition) is 0. The van der Waals surface area contributed by atoms with Crippen molar-refractivity contribution in [3.8, 4) is 83.8 Å². The van der Waals surface area contributed by atoms with Gasteiger partial charge in [0, 0.05) is 70.0 Å². The zero-order chi connectivity index (χ0) is 95.9. The Labute approximate surface area is 796 Å². The first kappa shape index (κ1) is 102. The number of rotatable bonds is 0. The molecule has 3 nitrogen and oxygen atoms in total. The van der Waals surface area contributed by atoms with E-state index in [9.17, 15) is 0 Å². The maximum atomic E-state index is 2.62. The van der Waals surface area contributed by atoms with Crippen molar-refractivity contribution in [2.75, 3.05) is 0 Å². The highest BCUT2D eigenvalue weighted by molar-refractivity contribution is 6.17. The molecule has 3 aromatic heterocycles. The Balaban J connectivity index is 0.000000180. The van der Waals surface area contributed by atoms with Crippen molar-refractivity contribution in [1.29, 1.82) is 0 Å². The van der Waals surface area contributed by atoms with E-state index >= 15 is 0 Å². The second-order valence-corrected chi connectivity index (χ2v) is 30.3. The maximum absolute atomic E-state index is 2.62. The van der Waals surface area contributed by atoms with Gasteiger partial charge in [0.2, 0.25) is 0 Å². The van der Waals surface area contributed by atoms with Gasteiger partial charge in [-0.25, -0.2) is 0 Å². The molecule has 0 fully saturated rings. The van der Waals surface area contributed by atoms with Crippen LogP contribution in [-0.2, 0) is 57.8 Å². The van der Waals surface area contributed by atoms with Gasteiger partial charge in [0.25, 0.3) is 0 Å². The van der Waals surface area contributed by atoms with Crippen LogP contribution in [-0.4, -0.2) is 13.7 Å². The maximum Gasteiger partial charge on any atom is 0.0579 e. The zero-order valence-corrected chi connectivity index (χ0v) is 86.2. The third-order valence-electron chi connectivity index (χ3n) is 25.3. The van der Waals surface area contributed by atoms with E-state index in [2.05, 4.69) is 287 Å². The van der Waals surface area contributed by atoms with Gasteiger partial charge in [0.1, 0.15) is 0 Å². The zero-order valence-electron chi connectivity index (χ0n) is 86.2. The molecule has 3 heteroatoms. The normalized spacial score (nSPS) is 11.6. The van der Waals surface area contributed by atoms with E-state index in [0.29, 0.717) is 0 Å². The van der Waals surface area contributed by atoms with Crippen LogP contribution < -0.4 is 0 Å². The molecule has 0 spiro atoms. The van der Waals surface area contributed by atoms with E-state index in [1.165, 1.54) is 249 Å². The Bertz CT molecular complexity index is 6960. The smallest absolute Gasteiger partial charge is 0.0579 e. The predicted molar refractivity (Wildman–Crippen MR) is 590 cm³/mol. The first-order valence-corrected chi connectivity index (χ1v) is 51.8. The molecule has 132 heavy (non-hydrogen) atoms. The summed E-state index contributed by atoms with van der Waals surface area (Å²) in [5.74, 6) is 0. The van der Waals surface area contributed by atoms with Crippen molar-refractivity contribution in [2.45, 2.75) is 265 Å². The fourth-order valence-corrected chi connectivity index (χ4v) is 21.1. The first-order chi connectivity index (χ1) is 65.6. The van der Waals surface area contributed by atoms with Gasteiger partial charge in [-0.2, -0.15) is 0 Å². The van der Waals surface area contributed by atoms with Gasteiger partial charge in [-0.3, -0.25) is 0 Å². The number of para-hydroxylation sites is 3. The Morgan fingerprint density at radius 2 is 0.424 bits per heavy atom. The third-order valence-corrected chi connectivity index (χ3v) is 25.3. The summed E-state index contributed by atoms with van der Waals surface area (Å²) >= 11 is 0. The molecule has 0 atom stereocenters. The van der Waals surface area contributed by atoms with Crippen LogP contribution in [0.5, 0.6) is 0 Å². The molecule has 6 aliphatic carbocycles. The van der Waals surface area contributed by atoms with Crippen molar-refractivity contribution in [3.05, 3.63) is 373 Å². The summed E-state index contributed by atoms with van der Waals surface area (Å²) in [4.78, 5) is 0. The number of fused-ring (bicyclic) bond motifs is 37. The second kappa shape index (κ2) is 47.7. The Morgan fingerprint density at radius 3 is 0.856 bits per heavy atom. The largest absolute Gasteiger partial charge is 0.308 e. The minimum absolute atomic E-state index is 1.00. The highest BCUT2D eigenvalue weighted by Crippen LogP contribution is 2.55. The molecule has 0 N–H and O–H groups in total. The van der Waals surface area contributed by atoms with Crippen molar-refractivity contribution in [2.24, 2.45) is 0 Å². The lowest BCUT2D eigenvalue weighted by molar-refractivity contribution is 1.02. The second-order valence-electron chi connectivity index (χ2n) is 30.3. The van der Waals surface area contributed by atoms with Crippen LogP contribution in [0, 0.1) is 0 Å². The summed E-state index contributed by atoms with van der Waals surface area (Å²) in [6.07, 6.45) is 9.18. The van der Waals surface area contributed by atoms with Crippen LogP contribution in [0.3, 0.4) is 0 Å². The van der Waals surface area contributed by atoms with Crippen molar-refractivity contribution >= 4 is 65.4 Å². The fourth-order valence-electron chi connectivity index (χ4n) is 21.1. The van der Waals surface area contributed by atoms with E-state index in [4.69, 9.17) is 0 Å². The molecule has 15 aromatic carbocycles. The average molecular weight is 1750 g/mol. The number of benzene rings is 15. The highest BCUT2D eigenvalue weighted by Gasteiger charge is 2.36. The third kappa shape index (κ3) is 17.4. The molecule has 6 heterocycles. The standard InChI is InChI=1S/3C33H21N.15C2H6/c1-4-10-25-19(6-1)14-23-17-31-29(18-28(23)25)27-11-5-8-21-15-22-12-13-26-24-9-3-2-7-20(24)16-30(26)33(22)34(31)32(21)27;1-4-10-25-19(6-1)14-23-17-29-27-11-5-8-21-15-22-12-13-26-24-9-3-2-7-20(24)16-30(26)33(22)34(32(21)27)31(29)18-28(23)25;1-3-9-24-20(7-1)18-28-26(24)14-15-29-31(28)27-11-5-8-22-17-23-13-12-21-16-19-6-2-4-10-25(19)30(21)33(23)34(29)32(22)27;15*1-2/h2*1-13,17-18H,14-16H2;1-15H,16-18H2;15*1-2H3. The van der Waals surface area contributed by atoms with Gasteiger partial charge in [0.15, 0.2) is 0 Å². The van der Waals surface area contributed by atoms with Gasteiger partial charge >= 0.3 is 0 Å². The number of aromatic nitrogens is 3. The minimum atomic E-state index is 1.00. The Hall–Kier alpha value is -12.3. The quantitative estimate of drug-likeness (QED) is 0.144. The molecule has 0 amide bonds. The van der Waals surface area contributed by atoms with Crippen LogP contribution in [0.15, 0.2) is 273 Å². The Morgan fingerprint density at radius 1 is 0.152 bits per heavy atom. The topological polar surface area (TPSA) is 14.8 Å². The van der Waals surface area contributed by atoms with E-state index in [1.807, 2.05) is 208 Å². The molecular weight excluding hydrogens is 1590 g/mol. The molecule has 0 unspecified atom stereocenters. The van der Waals surface area contributed by atoms with Crippen LogP contribution in [0.25, 0.3) is 149 Å². The average Bonchev–Trinajstić information content (AvgIpc) is 1.55. The Kier molecular flexibility index (Phi) is 36.8. The van der Waals surface area contributed by atoms with Crippen LogP contribution in [0.4, 0.5) is 0 Å². The summed E-state index contributed by atoms with van der Waals surface area (Å²) in [5, 5.41) is 8.41. The predicted octanol–water partition coefficient (Wildman–Crippen LogP) is 38.9. The molecule has 0 saturated heterocycles. The molecule has 9 aliphatic rings. The van der Waals surface area contributed by atoms with E-state index in [0.717, 1.165) is 57.8 Å². The van der Waals surface area contributed by atoms with E-state index in [1.54, 1.807) is 0 Å². The molecule has 684 valence electrons. The van der Waals surface area contributed by atoms with Crippen molar-refractivity contribution in [1.82, 2.24) is 13.7 Å². The molecule has 3 aliphatic heterocycles. The summed E-state index contributed by atoms with van der Waals surface area (Å²) in [6.45, 7) is 60.0. The summed E-state index contributed by atoms with van der Waals surface area (Å²) < 4.78 is 7.85. The summed E-state index contributed by atoms with van der Waals surface area (Å²) in [7, 11) is 0. The van der Waals surface area contributed by atoms with Gasteiger partial charge in [-0.15, -0.1) is 0 Å². The SMILES string of the molecule is CC.CC.CC.CC.CC.CC.CC.CC.CC.CC.CC.CC.CC.CC.CC.c1ccc2c(c1)Cc1c-2ccc2c1c1cccc3c1n2-c1c(ccc2c1-c1ccccc1C2)C3.c1ccc2c(c1)Cc1cc3c(cc1-2)c1cccc2c1n3-c1c(ccc3c1Cc1ccccc1-3)C2.c1ccc2c(c1)Cc1cc3c4cccc5c4n(c3cc1-2)-c1c(ccc2c1Cc1ccccc1-2)C5. The highest BCUT2D eigenvalue weighted by atomic mass is 15.0. The first-order valence-electron chi connectivity index (χ1n) is 51.8. The van der Waals surface area contributed by atoms with Gasteiger partial charge in [-0.05, 0) is 217 Å². The molecular formula is C129H153N3. The van der Waals surface area contributed by atoms with Crippen molar-refractivity contribution in [3.63, 3.8) is 0 Å². The fraction of sp³-hybridized carbons (Fsp3) is 0.302. The van der Waals surface area contributed by atoms with Crippen LogP contribution in [0.1, 0.15) is 308 Å². The van der Waals surface area contributed by atoms with E-state index in [-0.39, 0.29) is 0 Å². The van der Waals surface area contributed by atoms with Crippen LogP contribution in [0.2, 0.25) is 0 Å². The lowest BCUT2D eigenvalue weighted by Gasteiger charge is -2.24. The summed E-state index contributed by atoms with van der Waals surface area (Å²) in [5.41, 5.74) is 55.8. The molecule has 27 rings (SSSR count). The van der Waals surface area contributed by atoms with E-state index < -0.39 is 0 Å². The number of hydrogen-bond donors (Lipinski definition) is 0. The lowest BCUT2D eigenvalue weighted by atomic mass is 9.92. The number of nitrogens with zero attached hydrogens (tertiary/aromatic N) is 3. The van der Waals surface area contributed by atoms with Gasteiger partial charge in [0.05, 0.1) is 50.2 Å². The molecule has 18 aromatic rings. The molecule has 0 radical (unpaired) electrons. The molecule has 0 bridgehead atoms. The van der Waals surface area contributed by atoms with Gasteiger partial charge < -0.3 is 13.7 Å². The van der Waals surface area contributed by atoms with Gasteiger partial charge in [-0.1, -0.05) is 450 Å². The monoisotopic (exact) mass is 1740 g/mol. The summed E-state index contributed by atoms with van der Waals surface area (Å²) in [6, 6.07) is 103. The van der Waals surface area contributed by atoms with Crippen molar-refractivity contribution < 1.29 is 0 Å². The lowest BCUT2D eigenvalue weighted by Crippen LogP contribution is -2.10.